The van der Waals surface area contributed by atoms with Gasteiger partial charge in [-0.3, -0.25) is 24.4 Å². The average Bonchev–Trinajstić information content (AvgIpc) is 2.88. The molecule has 2 aromatic rings. The molecule has 27 heavy (non-hydrogen) atoms. The van der Waals surface area contributed by atoms with E-state index >= 15 is 0 Å². The van der Waals surface area contributed by atoms with Crippen LogP contribution in [0.15, 0.2) is 18.2 Å². The van der Waals surface area contributed by atoms with E-state index in [1.807, 2.05) is 0 Å². The van der Waals surface area contributed by atoms with Crippen LogP contribution in [0.4, 0.5) is 14.5 Å². The standard InChI is InChI=1S/C16H16F2N4O5/c1-9-14(22(26)27)15(20(2)19-9)16(25)21(6-5-13(23)24)8-10-3-4-11(17)12(18)7-10/h3-4,7H,5-6,8H2,1-2H3,(H,23,24). The molecule has 0 aliphatic rings. The molecule has 1 aromatic heterocycles. The number of carboxylic acid groups (broad SMARTS) is 1. The van der Waals surface area contributed by atoms with Crippen molar-refractivity contribution in [3.63, 3.8) is 0 Å². The summed E-state index contributed by atoms with van der Waals surface area (Å²) in [6.45, 7) is 0.824. The number of carbonyl (C=O) groups excluding carboxylic acids is 1. The number of carboxylic acids is 1. The molecule has 9 nitrogen and oxygen atoms in total. The van der Waals surface area contributed by atoms with Gasteiger partial charge in [-0.1, -0.05) is 6.07 Å². The van der Waals surface area contributed by atoms with Crippen molar-refractivity contribution in [2.24, 2.45) is 7.05 Å². The zero-order valence-corrected chi connectivity index (χ0v) is 14.5. The Morgan fingerprint density at radius 1 is 1.33 bits per heavy atom. The average molecular weight is 382 g/mol. The van der Waals surface area contributed by atoms with Crippen LogP contribution in [0.1, 0.15) is 28.2 Å². The minimum Gasteiger partial charge on any atom is -0.481 e. The maximum Gasteiger partial charge on any atom is 0.322 e. The number of rotatable bonds is 7. The molecular weight excluding hydrogens is 366 g/mol. The van der Waals surface area contributed by atoms with Gasteiger partial charge in [0.05, 0.1) is 11.3 Å². The van der Waals surface area contributed by atoms with Crippen molar-refractivity contribution >= 4 is 17.6 Å². The first-order valence-electron chi connectivity index (χ1n) is 7.74. The molecule has 1 heterocycles. The Balaban J connectivity index is 2.41. The summed E-state index contributed by atoms with van der Waals surface area (Å²) in [5, 5.41) is 24.0. The first kappa shape index (κ1) is 19.9. The third-order valence-electron chi connectivity index (χ3n) is 3.82. The number of aliphatic carboxylic acids is 1. The normalized spacial score (nSPS) is 10.7. The molecule has 144 valence electrons. The van der Waals surface area contributed by atoms with Crippen molar-refractivity contribution in [1.29, 1.82) is 0 Å². The molecule has 0 aliphatic carbocycles. The lowest BCUT2D eigenvalue weighted by Crippen LogP contribution is -2.34. The maximum atomic E-state index is 13.4. The lowest BCUT2D eigenvalue weighted by atomic mass is 10.1. The Labute approximate surface area is 152 Å². The van der Waals surface area contributed by atoms with E-state index in [1.54, 1.807) is 0 Å². The van der Waals surface area contributed by atoms with Crippen molar-refractivity contribution in [2.75, 3.05) is 6.54 Å². The molecule has 0 radical (unpaired) electrons. The van der Waals surface area contributed by atoms with Gasteiger partial charge >= 0.3 is 11.7 Å². The summed E-state index contributed by atoms with van der Waals surface area (Å²) in [5.74, 6) is -4.22. The molecule has 0 saturated heterocycles. The molecule has 1 N–H and O–H groups in total. The summed E-state index contributed by atoms with van der Waals surface area (Å²) in [6.07, 6.45) is -0.431. The predicted octanol–water partition coefficient (Wildman–Crippen LogP) is 2.03. The number of halogens is 2. The van der Waals surface area contributed by atoms with Crippen molar-refractivity contribution in [1.82, 2.24) is 14.7 Å². The van der Waals surface area contributed by atoms with Crippen LogP contribution in [0, 0.1) is 28.7 Å². The van der Waals surface area contributed by atoms with Crippen molar-refractivity contribution < 1.29 is 28.4 Å². The lowest BCUT2D eigenvalue weighted by molar-refractivity contribution is -0.385. The number of benzene rings is 1. The summed E-state index contributed by atoms with van der Waals surface area (Å²) in [5.41, 5.74) is -0.593. The number of nitrogens with zero attached hydrogens (tertiary/aromatic N) is 4. The number of hydrogen-bond acceptors (Lipinski definition) is 5. The van der Waals surface area contributed by atoms with E-state index in [0.29, 0.717) is 0 Å². The number of amides is 1. The third kappa shape index (κ3) is 4.43. The van der Waals surface area contributed by atoms with Gasteiger partial charge in [-0.2, -0.15) is 5.10 Å². The minimum atomic E-state index is -1.19. The van der Waals surface area contributed by atoms with Crippen molar-refractivity contribution in [3.05, 3.63) is 56.9 Å². The Bertz CT molecular complexity index is 912. The molecule has 2 rings (SSSR count). The fraction of sp³-hybridized carbons (Fsp3) is 0.312. The quantitative estimate of drug-likeness (QED) is 0.578. The second-order valence-electron chi connectivity index (χ2n) is 5.78. The Morgan fingerprint density at radius 2 is 2.00 bits per heavy atom. The topological polar surface area (TPSA) is 119 Å². The number of carbonyl (C=O) groups is 2. The molecule has 0 saturated carbocycles. The van der Waals surface area contributed by atoms with Crippen LogP contribution in [0.5, 0.6) is 0 Å². The highest BCUT2D eigenvalue weighted by atomic mass is 19.2. The molecule has 0 atom stereocenters. The first-order chi connectivity index (χ1) is 12.6. The molecule has 1 amide bonds. The van der Waals surface area contributed by atoms with E-state index in [0.717, 1.165) is 21.7 Å². The highest BCUT2D eigenvalue weighted by molar-refractivity contribution is 5.97. The minimum absolute atomic E-state index is 0.0249. The van der Waals surface area contributed by atoms with Crippen molar-refractivity contribution in [2.45, 2.75) is 19.9 Å². The van der Waals surface area contributed by atoms with Crippen LogP contribution in [-0.2, 0) is 18.4 Å². The monoisotopic (exact) mass is 382 g/mol. The Hall–Kier alpha value is -3.37. The number of nitro groups is 1. The second-order valence-corrected chi connectivity index (χ2v) is 5.78. The van der Waals surface area contributed by atoms with Gasteiger partial charge in [-0.15, -0.1) is 0 Å². The maximum absolute atomic E-state index is 13.4. The fourth-order valence-electron chi connectivity index (χ4n) is 2.60. The Morgan fingerprint density at radius 3 is 2.56 bits per heavy atom. The van der Waals surface area contributed by atoms with Gasteiger partial charge in [0.25, 0.3) is 5.91 Å². The van der Waals surface area contributed by atoms with Crippen LogP contribution in [-0.4, -0.2) is 43.1 Å². The van der Waals surface area contributed by atoms with Crippen LogP contribution >= 0.6 is 0 Å². The number of hydrogen-bond donors (Lipinski definition) is 1. The molecule has 0 fully saturated rings. The van der Waals surface area contributed by atoms with E-state index < -0.39 is 40.5 Å². The lowest BCUT2D eigenvalue weighted by Gasteiger charge is -2.22. The van der Waals surface area contributed by atoms with Gasteiger partial charge in [0, 0.05) is 20.1 Å². The summed E-state index contributed by atoms with van der Waals surface area (Å²) >= 11 is 0. The fourth-order valence-corrected chi connectivity index (χ4v) is 2.60. The number of aryl methyl sites for hydroxylation is 2. The molecule has 0 spiro atoms. The van der Waals surface area contributed by atoms with E-state index in [-0.39, 0.29) is 30.0 Å². The van der Waals surface area contributed by atoms with E-state index in [9.17, 15) is 28.5 Å². The van der Waals surface area contributed by atoms with E-state index in [2.05, 4.69) is 5.10 Å². The summed E-state index contributed by atoms with van der Waals surface area (Å²) in [7, 11) is 1.35. The van der Waals surface area contributed by atoms with E-state index in [1.165, 1.54) is 20.0 Å². The molecule has 0 aliphatic heterocycles. The zero-order chi connectivity index (χ0) is 20.3. The van der Waals surface area contributed by atoms with Gasteiger partial charge in [0.15, 0.2) is 11.6 Å². The second kappa shape index (κ2) is 7.89. The largest absolute Gasteiger partial charge is 0.481 e. The molecular formula is C16H16F2N4O5. The first-order valence-corrected chi connectivity index (χ1v) is 7.74. The number of aromatic nitrogens is 2. The summed E-state index contributed by atoms with van der Waals surface area (Å²) in [6, 6.07) is 2.99. The smallest absolute Gasteiger partial charge is 0.322 e. The van der Waals surface area contributed by atoms with Gasteiger partial charge in [-0.25, -0.2) is 8.78 Å². The molecule has 0 unspecified atom stereocenters. The zero-order valence-electron chi connectivity index (χ0n) is 14.5. The van der Waals surface area contributed by atoms with Gasteiger partial charge < -0.3 is 10.0 Å². The van der Waals surface area contributed by atoms with E-state index in [4.69, 9.17) is 5.11 Å². The van der Waals surface area contributed by atoms with Crippen LogP contribution < -0.4 is 0 Å². The summed E-state index contributed by atoms with van der Waals surface area (Å²) in [4.78, 5) is 35.3. The predicted molar refractivity (Wildman–Crippen MR) is 88.0 cm³/mol. The molecule has 0 bridgehead atoms. The molecule has 11 heteroatoms. The van der Waals surface area contributed by atoms with Gasteiger partial charge in [0.2, 0.25) is 5.69 Å². The molecule has 1 aromatic carbocycles. The van der Waals surface area contributed by atoms with Gasteiger partial charge in [0.1, 0.15) is 5.69 Å². The SMILES string of the molecule is Cc1nn(C)c(C(=O)N(CCC(=O)O)Cc2ccc(F)c(F)c2)c1[N+](=O)[O-]. The van der Waals surface area contributed by atoms with Crippen LogP contribution in [0.2, 0.25) is 0 Å². The van der Waals surface area contributed by atoms with Crippen LogP contribution in [0.25, 0.3) is 0 Å². The van der Waals surface area contributed by atoms with Crippen molar-refractivity contribution in [3.8, 4) is 0 Å². The Kier molecular flexibility index (Phi) is 5.83. The van der Waals surface area contributed by atoms with Gasteiger partial charge in [-0.05, 0) is 24.6 Å². The highest BCUT2D eigenvalue weighted by Crippen LogP contribution is 2.24. The van der Waals surface area contributed by atoms with Crippen LogP contribution in [0.3, 0.4) is 0 Å². The highest BCUT2D eigenvalue weighted by Gasteiger charge is 2.32. The summed E-state index contributed by atoms with van der Waals surface area (Å²) < 4.78 is 27.6. The third-order valence-corrected chi connectivity index (χ3v) is 3.82.